The van der Waals surface area contributed by atoms with Gasteiger partial charge in [0, 0.05) is 53.0 Å². The Hall–Kier alpha value is -2.39. The number of halogens is 2. The number of nitrogens with zero attached hydrogens (tertiary/aromatic N) is 3. The Bertz CT molecular complexity index is 1280. The molecular formula is C22H22Cl2N4O3S. The highest BCUT2D eigenvalue weighted by Gasteiger charge is 2.20. The van der Waals surface area contributed by atoms with Crippen molar-refractivity contribution >= 4 is 59.6 Å². The SMILES string of the molecule is CN1CCN(c2ccc3c(S(=O)(=O)Cl)cc(NC(=O)Cc4ccccc4Cl)cc3n2)CC1. The number of aromatic nitrogens is 1. The van der Waals surface area contributed by atoms with E-state index in [9.17, 15) is 13.2 Å². The van der Waals surface area contributed by atoms with Crippen LogP contribution in [0.15, 0.2) is 53.4 Å². The van der Waals surface area contributed by atoms with E-state index in [1.165, 1.54) is 6.07 Å². The zero-order valence-corrected chi connectivity index (χ0v) is 19.7. The van der Waals surface area contributed by atoms with Crippen LogP contribution in [-0.4, -0.2) is 57.4 Å². The van der Waals surface area contributed by atoms with Crippen LogP contribution in [0.2, 0.25) is 5.02 Å². The molecular weight excluding hydrogens is 471 g/mol. The Balaban J connectivity index is 1.67. The molecule has 0 unspecified atom stereocenters. The van der Waals surface area contributed by atoms with Crippen molar-refractivity contribution in [3.05, 3.63) is 59.1 Å². The summed E-state index contributed by atoms with van der Waals surface area (Å²) in [6, 6.07) is 13.6. The van der Waals surface area contributed by atoms with Gasteiger partial charge in [-0.1, -0.05) is 29.8 Å². The van der Waals surface area contributed by atoms with Gasteiger partial charge in [-0.3, -0.25) is 4.79 Å². The standard InChI is InChI=1S/C22H22Cl2N4O3S/c1-27-8-10-28(11-9-27)21-7-6-17-19(26-21)13-16(14-20(17)32(24,30)31)25-22(29)12-15-4-2-3-5-18(15)23/h2-7,13-14H,8-12H2,1H3,(H,25,29). The fourth-order valence-corrected chi connectivity index (χ4v) is 4.98. The monoisotopic (exact) mass is 492 g/mol. The number of amides is 1. The third-order valence-corrected chi connectivity index (χ3v) is 7.17. The summed E-state index contributed by atoms with van der Waals surface area (Å²) >= 11 is 6.14. The molecule has 168 valence electrons. The maximum Gasteiger partial charge on any atom is 0.262 e. The molecule has 1 saturated heterocycles. The molecule has 7 nitrogen and oxygen atoms in total. The minimum absolute atomic E-state index is 0.0510. The zero-order valence-electron chi connectivity index (χ0n) is 17.4. The second-order valence-corrected chi connectivity index (χ2v) is 10.7. The molecule has 1 aliphatic rings. The summed E-state index contributed by atoms with van der Waals surface area (Å²) in [5, 5.41) is 3.64. The van der Waals surface area contributed by atoms with E-state index >= 15 is 0 Å². The second-order valence-electron chi connectivity index (χ2n) is 7.76. The molecule has 1 aromatic heterocycles. The lowest BCUT2D eigenvalue weighted by atomic mass is 10.1. The highest BCUT2D eigenvalue weighted by molar-refractivity contribution is 8.14. The maximum atomic E-state index is 12.6. The number of nitrogens with one attached hydrogen (secondary N) is 1. The number of carbonyl (C=O) groups is 1. The smallest absolute Gasteiger partial charge is 0.262 e. The van der Waals surface area contributed by atoms with E-state index in [1.54, 1.807) is 42.5 Å². The molecule has 1 fully saturated rings. The van der Waals surface area contributed by atoms with Crippen LogP contribution in [0.3, 0.4) is 0 Å². The summed E-state index contributed by atoms with van der Waals surface area (Å²) < 4.78 is 24.5. The average molecular weight is 493 g/mol. The van der Waals surface area contributed by atoms with Crippen molar-refractivity contribution in [3.63, 3.8) is 0 Å². The molecule has 4 rings (SSSR count). The quantitative estimate of drug-likeness (QED) is 0.546. The lowest BCUT2D eigenvalue weighted by Gasteiger charge is -2.33. The van der Waals surface area contributed by atoms with Crippen LogP contribution in [0, 0.1) is 0 Å². The van der Waals surface area contributed by atoms with Crippen LogP contribution in [0.25, 0.3) is 10.9 Å². The van der Waals surface area contributed by atoms with Crippen molar-refractivity contribution in [2.24, 2.45) is 0 Å². The third-order valence-electron chi connectivity index (χ3n) is 5.44. The third kappa shape index (κ3) is 5.15. The van der Waals surface area contributed by atoms with E-state index in [-0.39, 0.29) is 17.2 Å². The Morgan fingerprint density at radius 1 is 1.09 bits per heavy atom. The molecule has 2 aromatic carbocycles. The van der Waals surface area contributed by atoms with Gasteiger partial charge in [0.05, 0.1) is 16.8 Å². The molecule has 0 aliphatic carbocycles. The summed E-state index contributed by atoms with van der Waals surface area (Å²) in [4.78, 5) is 21.6. The van der Waals surface area contributed by atoms with Gasteiger partial charge < -0.3 is 15.1 Å². The van der Waals surface area contributed by atoms with Crippen LogP contribution >= 0.6 is 22.3 Å². The van der Waals surface area contributed by atoms with Crippen LogP contribution in [0.5, 0.6) is 0 Å². The number of pyridine rings is 1. The van der Waals surface area contributed by atoms with E-state index in [1.807, 2.05) is 0 Å². The van der Waals surface area contributed by atoms with Crippen molar-refractivity contribution in [1.82, 2.24) is 9.88 Å². The number of fused-ring (bicyclic) bond motifs is 1. The van der Waals surface area contributed by atoms with Crippen molar-refractivity contribution in [3.8, 4) is 0 Å². The molecule has 32 heavy (non-hydrogen) atoms. The lowest BCUT2D eigenvalue weighted by molar-refractivity contribution is -0.115. The number of hydrogen-bond donors (Lipinski definition) is 1. The number of benzene rings is 2. The van der Waals surface area contributed by atoms with Gasteiger partial charge in [-0.15, -0.1) is 0 Å². The Kier molecular flexibility index (Phi) is 6.57. The van der Waals surface area contributed by atoms with Gasteiger partial charge in [0.1, 0.15) is 5.82 Å². The number of piperazine rings is 1. The molecule has 0 saturated carbocycles. The molecule has 0 spiro atoms. The molecule has 10 heteroatoms. The highest BCUT2D eigenvalue weighted by Crippen LogP contribution is 2.31. The van der Waals surface area contributed by atoms with Crippen LogP contribution in [-0.2, 0) is 20.3 Å². The Morgan fingerprint density at radius 3 is 2.50 bits per heavy atom. The number of carbonyl (C=O) groups excluding carboxylic acids is 1. The van der Waals surface area contributed by atoms with Gasteiger partial charge in [-0.05, 0) is 42.9 Å². The fraction of sp³-hybridized carbons (Fsp3) is 0.273. The Labute approximate surface area is 196 Å². The normalized spacial score (nSPS) is 15.2. The molecule has 0 bridgehead atoms. The first-order chi connectivity index (χ1) is 15.2. The summed E-state index contributed by atoms with van der Waals surface area (Å²) in [7, 11) is 3.71. The van der Waals surface area contributed by atoms with Crippen molar-refractivity contribution < 1.29 is 13.2 Å². The molecule has 1 N–H and O–H groups in total. The van der Waals surface area contributed by atoms with E-state index in [2.05, 4.69) is 27.1 Å². The molecule has 0 atom stereocenters. The molecule has 1 aliphatic heterocycles. The number of rotatable bonds is 5. The van der Waals surface area contributed by atoms with Crippen LogP contribution < -0.4 is 10.2 Å². The van der Waals surface area contributed by atoms with Crippen molar-refractivity contribution in [2.45, 2.75) is 11.3 Å². The first-order valence-electron chi connectivity index (χ1n) is 10.1. The predicted molar refractivity (Wildman–Crippen MR) is 128 cm³/mol. The predicted octanol–water partition coefficient (Wildman–Crippen LogP) is 3.75. The number of anilines is 2. The van der Waals surface area contributed by atoms with Crippen LogP contribution in [0.4, 0.5) is 11.5 Å². The summed E-state index contributed by atoms with van der Waals surface area (Å²) in [5.74, 6) is 0.425. The molecule has 0 radical (unpaired) electrons. The number of likely N-dealkylation sites (N-methyl/N-ethyl adjacent to an activating group) is 1. The number of hydrogen-bond acceptors (Lipinski definition) is 6. The Morgan fingerprint density at radius 2 is 1.81 bits per heavy atom. The minimum Gasteiger partial charge on any atom is -0.354 e. The molecule has 1 amide bonds. The summed E-state index contributed by atoms with van der Waals surface area (Å²) in [6.45, 7) is 3.48. The van der Waals surface area contributed by atoms with Gasteiger partial charge in [0.2, 0.25) is 5.91 Å². The van der Waals surface area contributed by atoms with Gasteiger partial charge in [-0.25, -0.2) is 13.4 Å². The molecule has 2 heterocycles. The zero-order chi connectivity index (χ0) is 22.9. The maximum absolute atomic E-state index is 12.6. The first kappa shape index (κ1) is 22.8. The highest BCUT2D eigenvalue weighted by atomic mass is 35.7. The second kappa shape index (κ2) is 9.23. The van der Waals surface area contributed by atoms with Gasteiger partial charge in [0.25, 0.3) is 9.05 Å². The van der Waals surface area contributed by atoms with Gasteiger partial charge in [-0.2, -0.15) is 0 Å². The summed E-state index contributed by atoms with van der Waals surface area (Å²) in [6.07, 6.45) is 0.0510. The van der Waals surface area contributed by atoms with Gasteiger partial charge >= 0.3 is 0 Å². The largest absolute Gasteiger partial charge is 0.354 e. The topological polar surface area (TPSA) is 82.6 Å². The lowest BCUT2D eigenvalue weighted by Crippen LogP contribution is -2.44. The van der Waals surface area contributed by atoms with Gasteiger partial charge in [0.15, 0.2) is 0 Å². The van der Waals surface area contributed by atoms with E-state index in [0.717, 1.165) is 32.0 Å². The van der Waals surface area contributed by atoms with Crippen molar-refractivity contribution in [2.75, 3.05) is 43.4 Å². The average Bonchev–Trinajstić information content (AvgIpc) is 2.74. The summed E-state index contributed by atoms with van der Waals surface area (Å²) in [5.41, 5.74) is 1.42. The van der Waals surface area contributed by atoms with Crippen molar-refractivity contribution in [1.29, 1.82) is 0 Å². The molecule has 3 aromatic rings. The minimum atomic E-state index is -4.06. The fourth-order valence-electron chi connectivity index (χ4n) is 3.70. The van der Waals surface area contributed by atoms with Crippen LogP contribution in [0.1, 0.15) is 5.56 Å². The van der Waals surface area contributed by atoms with E-state index in [0.29, 0.717) is 27.2 Å². The van der Waals surface area contributed by atoms with E-state index < -0.39 is 9.05 Å². The van der Waals surface area contributed by atoms with E-state index in [4.69, 9.17) is 22.3 Å². The first-order valence-corrected chi connectivity index (χ1v) is 12.8.